The Balaban J connectivity index is 1.40. The van der Waals surface area contributed by atoms with Gasteiger partial charge in [-0.05, 0) is 79.7 Å². The number of hydrogen-bond donors (Lipinski definition) is 1. The van der Waals surface area contributed by atoms with E-state index in [0.29, 0.717) is 12.2 Å². The molecule has 0 saturated carbocycles. The predicted octanol–water partition coefficient (Wildman–Crippen LogP) is 3.56. The summed E-state index contributed by atoms with van der Waals surface area (Å²) in [5, 5.41) is 13.0. The lowest BCUT2D eigenvalue weighted by Gasteiger charge is -2.40. The molecule has 1 aromatic carbocycles. The van der Waals surface area contributed by atoms with Crippen molar-refractivity contribution in [2.75, 3.05) is 26.2 Å². The molecule has 0 radical (unpaired) electrons. The van der Waals surface area contributed by atoms with Crippen molar-refractivity contribution in [2.24, 2.45) is 5.41 Å². The van der Waals surface area contributed by atoms with Crippen LogP contribution in [0.4, 0.5) is 0 Å². The van der Waals surface area contributed by atoms with Gasteiger partial charge < -0.3 is 5.32 Å². The molecule has 10 heteroatoms. The van der Waals surface area contributed by atoms with E-state index in [1.807, 2.05) is 30.3 Å². The quantitative estimate of drug-likeness (QED) is 0.373. The normalized spacial score (nSPS) is 20.6. The maximum Gasteiger partial charge on any atom is 0.269 e. The minimum absolute atomic E-state index is 0.251. The molecule has 1 unspecified atom stereocenters. The number of rotatable bonds is 5. The monoisotopic (exact) mass is 527 g/mol. The van der Waals surface area contributed by atoms with Crippen molar-refractivity contribution < 1.29 is 8.42 Å². The third-order valence-electron chi connectivity index (χ3n) is 8.07. The Labute approximate surface area is 221 Å². The third-order valence-corrected chi connectivity index (χ3v) is 9.82. The molecule has 1 atom stereocenters. The molecule has 194 valence electrons. The van der Waals surface area contributed by atoms with Gasteiger partial charge in [-0.25, -0.2) is 17.4 Å². The van der Waals surface area contributed by atoms with Gasteiger partial charge in [-0.1, -0.05) is 18.2 Å². The zero-order valence-electron chi connectivity index (χ0n) is 21.0. The maximum atomic E-state index is 14.1. The van der Waals surface area contributed by atoms with E-state index in [9.17, 15) is 8.42 Å². The van der Waals surface area contributed by atoms with Crippen LogP contribution in [0.25, 0.3) is 27.7 Å². The Bertz CT molecular complexity index is 1740. The fraction of sp³-hybridized carbons (Fsp3) is 0.321. The molecule has 2 aliphatic rings. The number of benzene rings is 1. The van der Waals surface area contributed by atoms with E-state index in [-0.39, 0.29) is 10.3 Å². The number of nitrogens with zero attached hydrogens (tertiary/aromatic N) is 6. The van der Waals surface area contributed by atoms with Gasteiger partial charge in [-0.15, -0.1) is 0 Å². The van der Waals surface area contributed by atoms with Crippen LogP contribution in [-0.4, -0.2) is 63.3 Å². The van der Waals surface area contributed by atoms with Gasteiger partial charge in [0, 0.05) is 43.0 Å². The summed E-state index contributed by atoms with van der Waals surface area (Å²) in [7, 11) is -3.88. The summed E-state index contributed by atoms with van der Waals surface area (Å²) in [6.07, 6.45) is 8.66. The summed E-state index contributed by atoms with van der Waals surface area (Å²) >= 11 is 0. The first-order chi connectivity index (χ1) is 18.5. The van der Waals surface area contributed by atoms with Gasteiger partial charge in [0.1, 0.15) is 0 Å². The van der Waals surface area contributed by atoms with Gasteiger partial charge in [0.05, 0.1) is 22.3 Å². The van der Waals surface area contributed by atoms with Gasteiger partial charge in [0.25, 0.3) is 10.0 Å². The molecular formula is C28H29N7O2S. The lowest BCUT2D eigenvalue weighted by Crippen LogP contribution is -2.44. The van der Waals surface area contributed by atoms with Crippen molar-refractivity contribution in [2.45, 2.75) is 30.7 Å². The molecule has 1 spiro atoms. The van der Waals surface area contributed by atoms with Crippen LogP contribution >= 0.6 is 0 Å². The minimum atomic E-state index is -3.88. The second-order valence-electron chi connectivity index (χ2n) is 10.5. The van der Waals surface area contributed by atoms with Gasteiger partial charge in [0.15, 0.2) is 5.65 Å². The van der Waals surface area contributed by atoms with Crippen molar-refractivity contribution in [3.8, 4) is 11.1 Å². The molecule has 0 bridgehead atoms. The van der Waals surface area contributed by atoms with E-state index >= 15 is 0 Å². The second-order valence-corrected chi connectivity index (χ2v) is 12.3. The van der Waals surface area contributed by atoms with Gasteiger partial charge >= 0.3 is 0 Å². The number of piperidine rings is 1. The van der Waals surface area contributed by atoms with E-state index in [1.165, 1.54) is 16.8 Å². The molecule has 1 N–H and O–H groups in total. The van der Waals surface area contributed by atoms with Gasteiger partial charge in [-0.3, -0.25) is 4.90 Å². The van der Waals surface area contributed by atoms with Crippen molar-refractivity contribution in [1.82, 2.24) is 34.0 Å². The molecule has 38 heavy (non-hydrogen) atoms. The highest BCUT2D eigenvalue weighted by Gasteiger charge is 2.38. The summed E-state index contributed by atoms with van der Waals surface area (Å²) in [5.74, 6) is 0. The van der Waals surface area contributed by atoms with Crippen LogP contribution in [0.2, 0.25) is 0 Å². The minimum Gasteiger partial charge on any atom is -0.316 e. The summed E-state index contributed by atoms with van der Waals surface area (Å²) in [5.41, 5.74) is 4.06. The fourth-order valence-electron chi connectivity index (χ4n) is 6.30. The van der Waals surface area contributed by atoms with Crippen molar-refractivity contribution in [3.63, 3.8) is 0 Å². The average Bonchev–Trinajstić information content (AvgIpc) is 3.66. The average molecular weight is 528 g/mol. The van der Waals surface area contributed by atoms with Gasteiger partial charge in [0.2, 0.25) is 0 Å². The van der Waals surface area contributed by atoms with Crippen molar-refractivity contribution in [3.05, 3.63) is 78.9 Å². The van der Waals surface area contributed by atoms with Crippen LogP contribution in [0.1, 0.15) is 25.0 Å². The highest BCUT2D eigenvalue weighted by Crippen LogP contribution is 2.38. The highest BCUT2D eigenvalue weighted by atomic mass is 32.2. The maximum absolute atomic E-state index is 14.1. The number of fused-ring (bicyclic) bond motifs is 2. The fourth-order valence-corrected chi connectivity index (χ4v) is 7.80. The number of pyridine rings is 1. The zero-order valence-corrected chi connectivity index (χ0v) is 21.8. The van der Waals surface area contributed by atoms with Crippen LogP contribution in [0, 0.1) is 5.41 Å². The smallest absolute Gasteiger partial charge is 0.269 e. The first kappa shape index (κ1) is 23.5. The number of nitrogens with one attached hydrogen (secondary N) is 1. The lowest BCUT2D eigenvalue weighted by molar-refractivity contribution is 0.0967. The van der Waals surface area contributed by atoms with Crippen molar-refractivity contribution in [1.29, 1.82) is 0 Å². The van der Waals surface area contributed by atoms with E-state index < -0.39 is 10.0 Å². The molecular weight excluding hydrogens is 498 g/mol. The van der Waals surface area contributed by atoms with Crippen LogP contribution in [0.15, 0.2) is 78.1 Å². The van der Waals surface area contributed by atoms with E-state index in [4.69, 9.17) is 0 Å². The Morgan fingerprint density at radius 3 is 2.71 bits per heavy atom. The van der Waals surface area contributed by atoms with E-state index in [0.717, 1.165) is 60.3 Å². The molecule has 0 amide bonds. The highest BCUT2D eigenvalue weighted by molar-refractivity contribution is 7.90. The molecule has 4 aromatic heterocycles. The molecule has 2 fully saturated rings. The summed E-state index contributed by atoms with van der Waals surface area (Å²) < 4.78 is 31.2. The predicted molar refractivity (Wildman–Crippen MR) is 145 cm³/mol. The molecule has 9 nitrogen and oxygen atoms in total. The largest absolute Gasteiger partial charge is 0.316 e. The molecule has 7 rings (SSSR count). The summed E-state index contributed by atoms with van der Waals surface area (Å²) in [4.78, 5) is 7.29. The van der Waals surface area contributed by atoms with Crippen LogP contribution < -0.4 is 5.32 Å². The van der Waals surface area contributed by atoms with E-state index in [2.05, 4.69) is 25.4 Å². The molecule has 6 heterocycles. The number of likely N-dealkylation sites (tertiary alicyclic amines) is 1. The Morgan fingerprint density at radius 1 is 0.974 bits per heavy atom. The lowest BCUT2D eigenvalue weighted by atomic mass is 9.79. The summed E-state index contributed by atoms with van der Waals surface area (Å²) in [6.45, 7) is 4.54. The molecule has 0 aliphatic carbocycles. The third kappa shape index (κ3) is 3.82. The Hall–Kier alpha value is -3.60. The number of hydrogen-bond acceptors (Lipinski definition) is 7. The summed E-state index contributed by atoms with van der Waals surface area (Å²) in [6, 6.07) is 16.4. The van der Waals surface area contributed by atoms with Gasteiger partial charge in [-0.2, -0.15) is 14.8 Å². The van der Waals surface area contributed by atoms with Crippen LogP contribution in [-0.2, 0) is 16.6 Å². The molecule has 2 saturated heterocycles. The molecule has 2 aliphatic heterocycles. The van der Waals surface area contributed by atoms with Crippen LogP contribution in [0.5, 0.6) is 0 Å². The topological polar surface area (TPSA) is 97.4 Å². The van der Waals surface area contributed by atoms with Crippen molar-refractivity contribution >= 4 is 26.6 Å². The van der Waals surface area contributed by atoms with Crippen LogP contribution in [0.3, 0.4) is 0 Å². The van der Waals surface area contributed by atoms with E-state index in [1.54, 1.807) is 47.5 Å². The Morgan fingerprint density at radius 2 is 1.87 bits per heavy atom. The first-order valence-corrected chi connectivity index (χ1v) is 14.5. The zero-order chi connectivity index (χ0) is 25.7. The Kier molecular flexibility index (Phi) is 5.57. The second kappa shape index (κ2) is 9.00. The molecule has 5 aromatic rings. The SMILES string of the molecule is O=S(=O)(c1ccccc1)n1c(CN2CCCC3(CCNC3)C2)cc2c(-c3cnn4ncccc34)ccnc21. The first-order valence-electron chi connectivity index (χ1n) is 13.1. The number of aromatic nitrogens is 5. The standard InChI is InChI=1S/C28H29N7O2S/c36-38(37,22-6-2-1-3-7-22)34-21(18-33-15-5-10-28(20-33)11-14-29-19-28)16-24-23(9-13-30-27(24)34)25-17-32-35-26(25)8-4-12-31-35/h1-4,6-9,12-13,16-17,29H,5,10-11,14-15,18-20H2.